The van der Waals surface area contributed by atoms with Crippen molar-refractivity contribution in [3.8, 4) is 50.2 Å². The van der Waals surface area contributed by atoms with Gasteiger partial charge in [-0.25, -0.2) is 0 Å². The van der Waals surface area contributed by atoms with E-state index in [0.29, 0.717) is 0 Å². The van der Waals surface area contributed by atoms with Crippen molar-refractivity contribution in [1.82, 2.24) is 4.57 Å². The molecule has 3 nitrogen and oxygen atoms in total. The molecule has 0 aliphatic heterocycles. The number of hydrogen-bond donors (Lipinski definition) is 1. The van der Waals surface area contributed by atoms with Gasteiger partial charge in [0.1, 0.15) is 0 Å². The molecule has 0 fully saturated rings. The summed E-state index contributed by atoms with van der Waals surface area (Å²) in [7, 11) is 0. The maximum absolute atomic E-state index is 6.40. The number of nitrogen functional groups attached to an aromatic ring is 1. The Balaban J connectivity index is 0.996. The first-order chi connectivity index (χ1) is 30.2. The highest BCUT2D eigenvalue weighted by Gasteiger charge is 2.18. The average Bonchev–Trinajstić information content (AvgIpc) is 3.66. The summed E-state index contributed by atoms with van der Waals surface area (Å²) in [6.07, 6.45) is 0. The summed E-state index contributed by atoms with van der Waals surface area (Å²) in [6.45, 7) is 0. The monoisotopic (exact) mass is 779 g/mol. The standard InChI is InChI=1S/C58H41N3/c59-45-18-13-21-49(39-45)60(47-33-28-41(29-34-47)51-23-8-7-22-50(51)40-14-3-1-4-15-40)48-35-30-42(31-36-48)52-25-11-16-43-17-12-26-53(58(43)52)44-32-37-55-54-24-9-10-27-56(54)61(57(55)38-44)46-19-5-2-6-20-46/h1-39H,59H2. The van der Waals surface area contributed by atoms with Crippen LogP contribution in [0.25, 0.3) is 82.8 Å². The molecule has 0 aliphatic carbocycles. The van der Waals surface area contributed by atoms with Crippen molar-refractivity contribution < 1.29 is 0 Å². The molecule has 0 saturated heterocycles. The van der Waals surface area contributed by atoms with E-state index in [4.69, 9.17) is 5.73 Å². The number of rotatable bonds is 8. The minimum Gasteiger partial charge on any atom is -0.399 e. The number of nitrogens with two attached hydrogens (primary N) is 1. The predicted molar refractivity (Wildman–Crippen MR) is 259 cm³/mol. The molecule has 1 aromatic heterocycles. The second kappa shape index (κ2) is 15.2. The zero-order chi connectivity index (χ0) is 40.7. The molecular formula is C58H41N3. The van der Waals surface area contributed by atoms with Crippen LogP contribution in [0.1, 0.15) is 0 Å². The Morgan fingerprint density at radius 2 is 0.836 bits per heavy atom. The molecule has 0 unspecified atom stereocenters. The maximum Gasteiger partial charge on any atom is 0.0547 e. The minimum atomic E-state index is 0.720. The van der Waals surface area contributed by atoms with Gasteiger partial charge in [-0.15, -0.1) is 0 Å². The zero-order valence-corrected chi connectivity index (χ0v) is 33.5. The van der Waals surface area contributed by atoms with Crippen LogP contribution in [0.2, 0.25) is 0 Å². The third-order valence-corrected chi connectivity index (χ3v) is 11.9. The molecule has 0 amide bonds. The van der Waals surface area contributed by atoms with Crippen molar-refractivity contribution in [1.29, 1.82) is 0 Å². The highest BCUT2D eigenvalue weighted by molar-refractivity contribution is 6.12. The van der Waals surface area contributed by atoms with E-state index in [1.54, 1.807) is 0 Å². The first-order valence-electron chi connectivity index (χ1n) is 20.8. The molecule has 288 valence electrons. The Morgan fingerprint density at radius 1 is 0.328 bits per heavy atom. The van der Waals surface area contributed by atoms with Gasteiger partial charge in [0.15, 0.2) is 0 Å². The molecule has 0 spiro atoms. The summed E-state index contributed by atoms with van der Waals surface area (Å²) < 4.78 is 2.39. The predicted octanol–water partition coefficient (Wildman–Crippen LogP) is 15.7. The van der Waals surface area contributed by atoms with Gasteiger partial charge in [0, 0.05) is 39.2 Å². The fraction of sp³-hybridized carbons (Fsp3) is 0. The van der Waals surface area contributed by atoms with E-state index in [9.17, 15) is 0 Å². The van der Waals surface area contributed by atoms with E-state index in [0.717, 1.165) is 34.0 Å². The van der Waals surface area contributed by atoms with Crippen molar-refractivity contribution in [2.24, 2.45) is 0 Å². The number of benzene rings is 10. The quantitative estimate of drug-likeness (QED) is 0.156. The summed E-state index contributed by atoms with van der Waals surface area (Å²) in [4.78, 5) is 2.28. The molecule has 0 radical (unpaired) electrons. The zero-order valence-electron chi connectivity index (χ0n) is 33.5. The van der Waals surface area contributed by atoms with Gasteiger partial charge in [0.2, 0.25) is 0 Å². The van der Waals surface area contributed by atoms with Crippen LogP contribution in [0.15, 0.2) is 237 Å². The summed E-state index contributed by atoms with van der Waals surface area (Å²) in [5.74, 6) is 0. The number of anilines is 4. The fourth-order valence-electron chi connectivity index (χ4n) is 9.11. The normalized spacial score (nSPS) is 11.3. The van der Waals surface area contributed by atoms with Gasteiger partial charge in [0.05, 0.1) is 11.0 Å². The molecule has 0 bridgehead atoms. The number of nitrogens with zero attached hydrogens (tertiary/aromatic N) is 2. The van der Waals surface area contributed by atoms with E-state index < -0.39 is 0 Å². The topological polar surface area (TPSA) is 34.2 Å². The van der Waals surface area contributed by atoms with Crippen LogP contribution in [0.5, 0.6) is 0 Å². The number of hydrogen-bond acceptors (Lipinski definition) is 2. The highest BCUT2D eigenvalue weighted by atomic mass is 15.1. The minimum absolute atomic E-state index is 0.720. The molecule has 1 heterocycles. The fourth-order valence-corrected chi connectivity index (χ4v) is 9.11. The first kappa shape index (κ1) is 36.0. The van der Waals surface area contributed by atoms with Gasteiger partial charge >= 0.3 is 0 Å². The molecule has 2 N–H and O–H groups in total. The van der Waals surface area contributed by atoms with Crippen molar-refractivity contribution >= 4 is 55.3 Å². The lowest BCUT2D eigenvalue weighted by Gasteiger charge is -2.26. The molecule has 0 aliphatic rings. The Morgan fingerprint density at radius 3 is 1.51 bits per heavy atom. The second-order valence-electron chi connectivity index (χ2n) is 15.6. The molecular weight excluding hydrogens is 739 g/mol. The first-order valence-corrected chi connectivity index (χ1v) is 20.8. The Hall–Kier alpha value is -8.14. The van der Waals surface area contributed by atoms with Crippen LogP contribution in [0.4, 0.5) is 22.7 Å². The summed E-state index contributed by atoms with van der Waals surface area (Å²) in [6, 6.07) is 84.8. The van der Waals surface area contributed by atoms with Crippen LogP contribution >= 0.6 is 0 Å². The average molecular weight is 780 g/mol. The third kappa shape index (κ3) is 6.50. The molecule has 11 rings (SSSR count). The van der Waals surface area contributed by atoms with Gasteiger partial charge in [0.25, 0.3) is 0 Å². The smallest absolute Gasteiger partial charge is 0.0547 e. The molecule has 10 aromatic carbocycles. The van der Waals surface area contributed by atoms with Crippen molar-refractivity contribution in [3.05, 3.63) is 237 Å². The van der Waals surface area contributed by atoms with Gasteiger partial charge in [-0.1, -0.05) is 170 Å². The molecule has 61 heavy (non-hydrogen) atoms. The van der Waals surface area contributed by atoms with Gasteiger partial charge < -0.3 is 15.2 Å². The van der Waals surface area contributed by atoms with E-state index in [1.807, 2.05) is 18.2 Å². The summed E-state index contributed by atoms with van der Waals surface area (Å²) in [5.41, 5.74) is 23.3. The highest BCUT2D eigenvalue weighted by Crippen LogP contribution is 2.42. The van der Waals surface area contributed by atoms with E-state index in [-0.39, 0.29) is 0 Å². The lowest BCUT2D eigenvalue weighted by molar-refractivity contribution is 1.18. The lowest BCUT2D eigenvalue weighted by Crippen LogP contribution is -2.10. The van der Waals surface area contributed by atoms with E-state index in [2.05, 4.69) is 228 Å². The maximum atomic E-state index is 6.40. The lowest BCUT2D eigenvalue weighted by atomic mass is 9.91. The van der Waals surface area contributed by atoms with Gasteiger partial charge in [-0.05, 0) is 122 Å². The third-order valence-electron chi connectivity index (χ3n) is 11.9. The number of fused-ring (bicyclic) bond motifs is 4. The van der Waals surface area contributed by atoms with E-state index in [1.165, 1.54) is 71.5 Å². The summed E-state index contributed by atoms with van der Waals surface area (Å²) >= 11 is 0. The van der Waals surface area contributed by atoms with Crippen molar-refractivity contribution in [3.63, 3.8) is 0 Å². The van der Waals surface area contributed by atoms with E-state index >= 15 is 0 Å². The molecule has 11 aromatic rings. The van der Waals surface area contributed by atoms with Crippen LogP contribution < -0.4 is 10.6 Å². The van der Waals surface area contributed by atoms with Gasteiger partial charge in [-0.3, -0.25) is 0 Å². The number of aromatic nitrogens is 1. The van der Waals surface area contributed by atoms with Crippen molar-refractivity contribution in [2.45, 2.75) is 0 Å². The van der Waals surface area contributed by atoms with Crippen LogP contribution in [0.3, 0.4) is 0 Å². The largest absolute Gasteiger partial charge is 0.399 e. The number of para-hydroxylation sites is 2. The Labute approximate surface area is 355 Å². The van der Waals surface area contributed by atoms with Crippen LogP contribution in [-0.2, 0) is 0 Å². The summed E-state index contributed by atoms with van der Waals surface area (Å²) in [5, 5.41) is 4.94. The van der Waals surface area contributed by atoms with Crippen LogP contribution in [0, 0.1) is 0 Å². The Bertz CT molecular complexity index is 3340. The Kier molecular flexibility index (Phi) is 8.98. The van der Waals surface area contributed by atoms with Crippen LogP contribution in [-0.4, -0.2) is 4.57 Å². The molecule has 0 saturated carbocycles. The van der Waals surface area contributed by atoms with Gasteiger partial charge in [-0.2, -0.15) is 0 Å². The molecule has 0 atom stereocenters. The SMILES string of the molecule is Nc1cccc(N(c2ccc(-c3ccccc3-c3ccccc3)cc2)c2ccc(-c3cccc4cccc(-c5ccc6c7ccccc7n(-c7ccccc7)c6c5)c34)cc2)c1. The van der Waals surface area contributed by atoms with Crippen molar-refractivity contribution in [2.75, 3.05) is 10.6 Å². The second-order valence-corrected chi connectivity index (χ2v) is 15.6. The molecule has 3 heteroatoms.